The largest absolute Gasteiger partial charge is 0.497 e. The molecule has 0 aliphatic carbocycles. The van der Waals surface area contributed by atoms with Crippen molar-refractivity contribution in [3.8, 4) is 11.5 Å². The summed E-state index contributed by atoms with van der Waals surface area (Å²) in [5.41, 5.74) is 0.817. The summed E-state index contributed by atoms with van der Waals surface area (Å²) in [6, 6.07) is 13.3. The van der Waals surface area contributed by atoms with E-state index in [-0.39, 0.29) is 11.9 Å². The molecule has 2 aromatic carbocycles. The van der Waals surface area contributed by atoms with Crippen molar-refractivity contribution in [2.45, 2.75) is 32.0 Å². The molecule has 0 amide bonds. The van der Waals surface area contributed by atoms with Crippen LogP contribution in [0.4, 0.5) is 0 Å². The Kier molecular flexibility index (Phi) is 6.66. The lowest BCUT2D eigenvalue weighted by Gasteiger charge is -2.14. The highest BCUT2D eigenvalue weighted by molar-refractivity contribution is 6.01. The van der Waals surface area contributed by atoms with Crippen LogP contribution in [0.25, 0.3) is 0 Å². The van der Waals surface area contributed by atoms with Crippen molar-refractivity contribution in [1.82, 2.24) is 0 Å². The fourth-order valence-corrected chi connectivity index (χ4v) is 2.92. The Morgan fingerprint density at radius 3 is 2.29 bits per heavy atom. The van der Waals surface area contributed by atoms with Crippen LogP contribution in [0.1, 0.15) is 40.5 Å². The lowest BCUT2D eigenvalue weighted by molar-refractivity contribution is 0.0318. The first-order valence-corrected chi connectivity index (χ1v) is 9.30. The smallest absolute Gasteiger partial charge is 0.338 e. The van der Waals surface area contributed by atoms with Gasteiger partial charge in [-0.1, -0.05) is 0 Å². The quantitative estimate of drug-likeness (QED) is 0.511. The maximum absolute atomic E-state index is 12.4. The predicted molar refractivity (Wildman–Crippen MR) is 103 cm³/mol. The topological polar surface area (TPSA) is 71.1 Å². The zero-order valence-corrected chi connectivity index (χ0v) is 16.1. The van der Waals surface area contributed by atoms with Gasteiger partial charge in [0, 0.05) is 12.2 Å². The molecule has 1 heterocycles. The molecule has 0 N–H and O–H groups in total. The van der Waals surface area contributed by atoms with Gasteiger partial charge in [-0.05, 0) is 68.3 Å². The molecule has 1 fully saturated rings. The predicted octanol–water partition coefficient (Wildman–Crippen LogP) is 3.68. The molecule has 2 unspecified atom stereocenters. The Morgan fingerprint density at radius 2 is 1.68 bits per heavy atom. The van der Waals surface area contributed by atoms with E-state index < -0.39 is 12.1 Å². The summed E-state index contributed by atoms with van der Waals surface area (Å²) in [5, 5.41) is 0. The second-order valence-electron chi connectivity index (χ2n) is 6.61. The molecule has 1 aliphatic rings. The van der Waals surface area contributed by atoms with Gasteiger partial charge in [0.15, 0.2) is 6.10 Å². The monoisotopic (exact) mass is 384 g/mol. The van der Waals surface area contributed by atoms with E-state index in [0.29, 0.717) is 29.2 Å². The third-order valence-corrected chi connectivity index (χ3v) is 4.58. The summed E-state index contributed by atoms with van der Waals surface area (Å²) in [5.74, 6) is 0.491. The van der Waals surface area contributed by atoms with E-state index in [1.807, 2.05) is 0 Å². The van der Waals surface area contributed by atoms with Crippen LogP contribution in [-0.2, 0) is 9.47 Å². The van der Waals surface area contributed by atoms with E-state index in [1.165, 1.54) is 0 Å². The fourth-order valence-electron chi connectivity index (χ4n) is 2.92. The first-order chi connectivity index (χ1) is 13.6. The molecule has 3 rings (SSSR count). The molecule has 6 nitrogen and oxygen atoms in total. The second-order valence-corrected chi connectivity index (χ2v) is 6.61. The maximum Gasteiger partial charge on any atom is 0.338 e. The lowest BCUT2D eigenvalue weighted by atomic mass is 10.1. The highest BCUT2D eigenvalue weighted by Gasteiger charge is 2.21. The Balaban J connectivity index is 1.53. The number of esters is 1. The molecule has 0 radical (unpaired) electrons. The van der Waals surface area contributed by atoms with Crippen LogP contribution in [-0.4, -0.2) is 44.3 Å². The van der Waals surface area contributed by atoms with Gasteiger partial charge in [-0.2, -0.15) is 0 Å². The number of benzene rings is 2. The van der Waals surface area contributed by atoms with E-state index in [2.05, 4.69) is 0 Å². The third-order valence-electron chi connectivity index (χ3n) is 4.58. The average Bonchev–Trinajstić information content (AvgIpc) is 3.25. The molecule has 28 heavy (non-hydrogen) atoms. The van der Waals surface area contributed by atoms with Gasteiger partial charge < -0.3 is 18.9 Å². The number of carbonyl (C=O) groups excluding carboxylic acids is 2. The molecule has 0 saturated carbocycles. The van der Waals surface area contributed by atoms with Crippen molar-refractivity contribution in [2.24, 2.45) is 0 Å². The first kappa shape index (κ1) is 19.9. The van der Waals surface area contributed by atoms with E-state index in [9.17, 15) is 9.59 Å². The van der Waals surface area contributed by atoms with Crippen LogP contribution in [0, 0.1) is 0 Å². The molecule has 6 heteroatoms. The van der Waals surface area contributed by atoms with E-state index >= 15 is 0 Å². The summed E-state index contributed by atoms with van der Waals surface area (Å²) in [6.45, 7) is 2.84. The summed E-state index contributed by atoms with van der Waals surface area (Å²) >= 11 is 0. The van der Waals surface area contributed by atoms with Gasteiger partial charge in [0.25, 0.3) is 0 Å². The number of ketones is 1. The van der Waals surface area contributed by atoms with Crippen molar-refractivity contribution in [1.29, 1.82) is 0 Å². The van der Waals surface area contributed by atoms with Gasteiger partial charge in [0.2, 0.25) is 5.78 Å². The number of rotatable bonds is 8. The summed E-state index contributed by atoms with van der Waals surface area (Å²) in [6.07, 6.45) is 1.31. The van der Waals surface area contributed by atoms with Crippen LogP contribution >= 0.6 is 0 Å². The lowest BCUT2D eigenvalue weighted by Crippen LogP contribution is -2.24. The molecule has 1 aliphatic heterocycles. The number of methoxy groups -OCH3 is 1. The molecule has 2 atom stereocenters. The number of hydrogen-bond acceptors (Lipinski definition) is 6. The Hall–Kier alpha value is -2.86. The highest BCUT2D eigenvalue weighted by atomic mass is 16.5. The minimum absolute atomic E-state index is 0.134. The molecule has 0 aromatic heterocycles. The standard InChI is InChI=1S/C22H24O6/c1-15(21(23)16-5-9-18(25-2)10-6-16)28-22(24)17-7-11-19(12-8-17)27-14-20-4-3-13-26-20/h5-12,15,20H,3-4,13-14H2,1-2H3. The molecule has 0 bridgehead atoms. The van der Waals surface area contributed by atoms with Gasteiger partial charge in [0.05, 0.1) is 18.8 Å². The van der Waals surface area contributed by atoms with Gasteiger partial charge in [0.1, 0.15) is 18.1 Å². The molecule has 1 saturated heterocycles. The third kappa shape index (κ3) is 5.10. The normalized spacial score (nSPS) is 17.0. The van der Waals surface area contributed by atoms with Crippen LogP contribution in [0.5, 0.6) is 11.5 Å². The van der Waals surface area contributed by atoms with Crippen molar-refractivity contribution in [3.63, 3.8) is 0 Å². The van der Waals surface area contributed by atoms with E-state index in [4.69, 9.17) is 18.9 Å². The Bertz CT molecular complexity index is 791. The van der Waals surface area contributed by atoms with Crippen molar-refractivity contribution in [3.05, 3.63) is 59.7 Å². The van der Waals surface area contributed by atoms with Crippen molar-refractivity contribution >= 4 is 11.8 Å². The van der Waals surface area contributed by atoms with Crippen LogP contribution < -0.4 is 9.47 Å². The first-order valence-electron chi connectivity index (χ1n) is 9.30. The summed E-state index contributed by atoms with van der Waals surface area (Å²) < 4.78 is 21.6. The molecule has 0 spiro atoms. The Labute approximate surface area is 164 Å². The number of carbonyl (C=O) groups is 2. The molecular formula is C22H24O6. The maximum atomic E-state index is 12.4. The zero-order valence-electron chi connectivity index (χ0n) is 16.1. The van der Waals surface area contributed by atoms with Crippen molar-refractivity contribution < 1.29 is 28.5 Å². The fraction of sp³-hybridized carbons (Fsp3) is 0.364. The molecule has 2 aromatic rings. The van der Waals surface area contributed by atoms with Crippen LogP contribution in [0.15, 0.2) is 48.5 Å². The van der Waals surface area contributed by atoms with Gasteiger partial charge in [-0.25, -0.2) is 4.79 Å². The van der Waals surface area contributed by atoms with Gasteiger partial charge in [-0.15, -0.1) is 0 Å². The summed E-state index contributed by atoms with van der Waals surface area (Å²) in [7, 11) is 1.56. The zero-order chi connectivity index (χ0) is 19.9. The van der Waals surface area contributed by atoms with Crippen molar-refractivity contribution in [2.75, 3.05) is 20.3 Å². The molecular weight excluding hydrogens is 360 g/mol. The summed E-state index contributed by atoms with van der Waals surface area (Å²) in [4.78, 5) is 24.7. The SMILES string of the molecule is COc1ccc(C(=O)C(C)OC(=O)c2ccc(OCC3CCCO3)cc2)cc1. The highest BCUT2D eigenvalue weighted by Crippen LogP contribution is 2.18. The minimum atomic E-state index is -0.892. The van der Waals surface area contributed by atoms with Gasteiger partial charge in [-0.3, -0.25) is 4.79 Å². The Morgan fingerprint density at radius 1 is 1.04 bits per heavy atom. The molecule has 148 valence electrons. The number of Topliss-reactive ketones (excluding diaryl/α,β-unsaturated/α-hetero) is 1. The second kappa shape index (κ2) is 9.37. The van der Waals surface area contributed by atoms with Gasteiger partial charge >= 0.3 is 5.97 Å². The van der Waals surface area contributed by atoms with Crippen LogP contribution in [0.2, 0.25) is 0 Å². The van der Waals surface area contributed by atoms with E-state index in [1.54, 1.807) is 62.6 Å². The average molecular weight is 384 g/mol. The number of hydrogen-bond donors (Lipinski definition) is 0. The number of ether oxygens (including phenoxy) is 4. The van der Waals surface area contributed by atoms with E-state index in [0.717, 1.165) is 19.4 Å². The minimum Gasteiger partial charge on any atom is -0.497 e. The van der Waals surface area contributed by atoms with Crippen LogP contribution in [0.3, 0.4) is 0 Å².